The van der Waals surface area contributed by atoms with Gasteiger partial charge in [-0.15, -0.1) is 0 Å². The molecule has 0 radical (unpaired) electrons. The van der Waals surface area contributed by atoms with Crippen molar-refractivity contribution in [3.63, 3.8) is 0 Å². The molecule has 0 bridgehead atoms. The largest absolute Gasteiger partial charge is 0.461 e. The highest BCUT2D eigenvalue weighted by Crippen LogP contribution is 2.22. The number of furan rings is 1. The van der Waals surface area contributed by atoms with E-state index in [1.54, 1.807) is 42.5 Å². The Hall–Kier alpha value is -3.26. The molecular formula is C18H16ClN3O5. The highest BCUT2D eigenvalue weighted by molar-refractivity contribution is 6.30. The fourth-order valence-electron chi connectivity index (χ4n) is 2.41. The summed E-state index contributed by atoms with van der Waals surface area (Å²) in [6.45, 7) is -0.0764. The number of aromatic nitrogens is 1. The van der Waals surface area contributed by atoms with Gasteiger partial charge in [0.2, 0.25) is 5.76 Å². The Morgan fingerprint density at radius 2 is 2.00 bits per heavy atom. The molecule has 1 atom stereocenters. The molecule has 0 aliphatic rings. The number of nitrogens with zero attached hydrogens (tertiary/aromatic N) is 1. The minimum atomic E-state index is -0.748. The second kappa shape index (κ2) is 8.41. The number of urea groups is 1. The summed E-state index contributed by atoms with van der Waals surface area (Å²) in [6.07, 6.45) is 1.41. The third-order valence-corrected chi connectivity index (χ3v) is 3.92. The van der Waals surface area contributed by atoms with Crippen LogP contribution in [-0.4, -0.2) is 17.2 Å². The van der Waals surface area contributed by atoms with Crippen LogP contribution in [0.2, 0.25) is 5.02 Å². The Labute approximate surface area is 159 Å². The maximum atomic E-state index is 12.2. The molecular weight excluding hydrogens is 374 g/mol. The van der Waals surface area contributed by atoms with Crippen molar-refractivity contribution < 1.29 is 23.3 Å². The van der Waals surface area contributed by atoms with Crippen LogP contribution in [0.25, 0.3) is 11.5 Å². The Balaban J connectivity index is 1.59. The van der Waals surface area contributed by atoms with Crippen molar-refractivity contribution in [3.05, 3.63) is 65.0 Å². The predicted molar refractivity (Wildman–Crippen MR) is 95.5 cm³/mol. The Bertz CT molecular complexity index is 905. The molecule has 8 nitrogen and oxygen atoms in total. The summed E-state index contributed by atoms with van der Waals surface area (Å²) < 4.78 is 15.5. The van der Waals surface area contributed by atoms with Crippen LogP contribution in [0.1, 0.15) is 23.7 Å². The van der Waals surface area contributed by atoms with Crippen molar-refractivity contribution >= 4 is 23.6 Å². The van der Waals surface area contributed by atoms with Gasteiger partial charge < -0.3 is 24.7 Å². The summed E-state index contributed by atoms with van der Waals surface area (Å²) >= 11 is 5.86. The normalized spacial score (nSPS) is 11.7. The number of nitrogens with two attached hydrogens (primary N) is 1. The van der Waals surface area contributed by atoms with E-state index in [9.17, 15) is 9.59 Å². The average Bonchev–Trinajstić information content (AvgIpc) is 3.31. The topological polar surface area (TPSA) is 121 Å². The first-order valence-corrected chi connectivity index (χ1v) is 8.35. The lowest BCUT2D eigenvalue weighted by atomic mass is 10.0. The lowest BCUT2D eigenvalue weighted by molar-refractivity contribution is -0.145. The number of hydrogen-bond donors (Lipinski definition) is 2. The summed E-state index contributed by atoms with van der Waals surface area (Å²) in [6, 6.07) is 10.4. The minimum absolute atomic E-state index is 0.0764. The summed E-state index contributed by atoms with van der Waals surface area (Å²) in [7, 11) is 0. The number of amides is 2. The molecule has 0 saturated heterocycles. The molecule has 0 spiro atoms. The van der Waals surface area contributed by atoms with Crippen LogP contribution in [0.4, 0.5) is 4.79 Å². The van der Waals surface area contributed by atoms with E-state index in [-0.39, 0.29) is 13.0 Å². The number of benzene rings is 1. The molecule has 2 amide bonds. The number of halogens is 1. The van der Waals surface area contributed by atoms with Crippen molar-refractivity contribution in [2.24, 2.45) is 5.73 Å². The molecule has 140 valence electrons. The van der Waals surface area contributed by atoms with Crippen molar-refractivity contribution in [1.29, 1.82) is 0 Å². The Morgan fingerprint density at radius 1 is 1.22 bits per heavy atom. The second-order valence-electron chi connectivity index (χ2n) is 5.64. The van der Waals surface area contributed by atoms with Gasteiger partial charge >= 0.3 is 12.0 Å². The lowest BCUT2D eigenvalue weighted by Crippen LogP contribution is -2.34. The van der Waals surface area contributed by atoms with Crippen LogP contribution < -0.4 is 11.1 Å². The molecule has 1 aromatic carbocycles. The van der Waals surface area contributed by atoms with Gasteiger partial charge in [0.05, 0.1) is 18.7 Å². The quantitative estimate of drug-likeness (QED) is 0.597. The van der Waals surface area contributed by atoms with Crippen LogP contribution in [0.15, 0.2) is 57.7 Å². The zero-order valence-corrected chi connectivity index (χ0v) is 14.8. The van der Waals surface area contributed by atoms with Gasteiger partial charge in [-0.25, -0.2) is 4.79 Å². The Morgan fingerprint density at radius 3 is 2.67 bits per heavy atom. The van der Waals surface area contributed by atoms with E-state index in [0.717, 1.165) is 0 Å². The average molecular weight is 390 g/mol. The molecule has 27 heavy (non-hydrogen) atoms. The van der Waals surface area contributed by atoms with Crippen LogP contribution >= 0.6 is 11.6 Å². The molecule has 2 aromatic heterocycles. The lowest BCUT2D eigenvalue weighted by Gasteiger charge is -2.17. The number of ether oxygens (including phenoxy) is 1. The fourth-order valence-corrected chi connectivity index (χ4v) is 2.54. The van der Waals surface area contributed by atoms with E-state index >= 15 is 0 Å². The molecule has 0 aliphatic heterocycles. The first-order valence-electron chi connectivity index (χ1n) is 7.98. The maximum Gasteiger partial charge on any atom is 0.312 e. The molecule has 0 unspecified atom stereocenters. The number of hydrogen-bond acceptors (Lipinski definition) is 6. The molecule has 3 rings (SSSR count). The van der Waals surface area contributed by atoms with E-state index < -0.39 is 18.0 Å². The summed E-state index contributed by atoms with van der Waals surface area (Å²) in [5.74, 6) is 0.417. The van der Waals surface area contributed by atoms with Gasteiger partial charge in [-0.3, -0.25) is 4.79 Å². The molecule has 9 heteroatoms. The zero-order chi connectivity index (χ0) is 19.2. The summed E-state index contributed by atoms with van der Waals surface area (Å²) in [5, 5.41) is 6.88. The minimum Gasteiger partial charge on any atom is -0.461 e. The highest BCUT2D eigenvalue weighted by Gasteiger charge is 2.19. The molecule has 2 heterocycles. The smallest absolute Gasteiger partial charge is 0.312 e. The third-order valence-electron chi connectivity index (χ3n) is 3.66. The van der Waals surface area contributed by atoms with E-state index in [2.05, 4.69) is 10.5 Å². The highest BCUT2D eigenvalue weighted by atomic mass is 35.5. The molecule has 0 aliphatic carbocycles. The van der Waals surface area contributed by atoms with Gasteiger partial charge in [-0.1, -0.05) is 28.9 Å². The molecule has 0 saturated carbocycles. The van der Waals surface area contributed by atoms with Crippen molar-refractivity contribution in [2.45, 2.75) is 19.1 Å². The molecule has 3 N–H and O–H groups in total. The van der Waals surface area contributed by atoms with Crippen LogP contribution in [0.5, 0.6) is 0 Å². The van der Waals surface area contributed by atoms with Crippen LogP contribution in [-0.2, 0) is 16.1 Å². The van der Waals surface area contributed by atoms with Gasteiger partial charge in [0, 0.05) is 11.1 Å². The van der Waals surface area contributed by atoms with E-state index in [4.69, 9.17) is 31.0 Å². The number of nitrogens with one attached hydrogen (secondary N) is 1. The number of esters is 1. The SMILES string of the molecule is NC(=O)N[C@@H](CC(=O)OCc1cc(-c2ccco2)on1)c1ccc(Cl)cc1. The van der Waals surface area contributed by atoms with Gasteiger partial charge in [0.25, 0.3) is 0 Å². The van der Waals surface area contributed by atoms with Crippen LogP contribution in [0, 0.1) is 0 Å². The van der Waals surface area contributed by atoms with E-state index in [1.165, 1.54) is 6.26 Å². The predicted octanol–water partition coefficient (Wildman–Crippen LogP) is 3.43. The maximum absolute atomic E-state index is 12.2. The monoisotopic (exact) mass is 389 g/mol. The zero-order valence-electron chi connectivity index (χ0n) is 14.1. The van der Waals surface area contributed by atoms with Crippen molar-refractivity contribution in [3.8, 4) is 11.5 Å². The number of carbonyl (C=O) groups excluding carboxylic acids is 2. The van der Waals surface area contributed by atoms with Gasteiger partial charge in [-0.05, 0) is 29.8 Å². The molecule has 3 aromatic rings. The fraction of sp³-hybridized carbons (Fsp3) is 0.167. The van der Waals surface area contributed by atoms with Gasteiger partial charge in [0.1, 0.15) is 12.3 Å². The standard InChI is InChI=1S/C18H16ClN3O5/c19-12-5-3-11(4-6-12)14(21-18(20)24)9-17(23)26-10-13-8-16(27-22-13)15-2-1-7-25-15/h1-8,14H,9-10H2,(H3,20,21,24)/t14-/m0/s1. The van der Waals surface area contributed by atoms with E-state index in [1.807, 2.05) is 0 Å². The van der Waals surface area contributed by atoms with Gasteiger partial charge in [0.15, 0.2) is 5.76 Å². The number of rotatable bonds is 7. The Kier molecular flexibility index (Phi) is 5.77. The summed E-state index contributed by atoms with van der Waals surface area (Å²) in [5.41, 5.74) is 6.30. The first kappa shape index (κ1) is 18.5. The van der Waals surface area contributed by atoms with Crippen molar-refractivity contribution in [1.82, 2.24) is 10.5 Å². The number of carbonyl (C=O) groups is 2. The number of primary amides is 1. The van der Waals surface area contributed by atoms with Crippen LogP contribution in [0.3, 0.4) is 0 Å². The van der Waals surface area contributed by atoms with Crippen molar-refractivity contribution in [2.75, 3.05) is 0 Å². The second-order valence-corrected chi connectivity index (χ2v) is 6.07. The van der Waals surface area contributed by atoms with E-state index in [0.29, 0.717) is 27.8 Å². The first-order chi connectivity index (χ1) is 13.0. The summed E-state index contributed by atoms with van der Waals surface area (Å²) in [4.78, 5) is 23.4. The third kappa shape index (κ3) is 5.11. The van der Waals surface area contributed by atoms with Gasteiger partial charge in [-0.2, -0.15) is 0 Å². The molecule has 0 fully saturated rings.